The molecule has 3 aromatic rings. The van der Waals surface area contributed by atoms with Gasteiger partial charge in [0.05, 0.1) is 12.0 Å². The molecule has 7 nitrogen and oxygen atoms in total. The molecule has 0 amide bonds. The summed E-state index contributed by atoms with van der Waals surface area (Å²) in [4.78, 5) is 4.40. The molecule has 0 fully saturated rings. The van der Waals surface area contributed by atoms with Gasteiger partial charge in [-0.1, -0.05) is 36.8 Å². The standard InChI is InChI=1S/C16H19N5O2S/c1-4-7-21-15(12-6-5-8-22-12)18-19-16(21)24-10-14-17-13(20-23-14)9-11(2)3/h4-6,8,11H,1,7,9-10H2,2-3H3. The molecule has 8 heteroatoms. The maximum Gasteiger partial charge on any atom is 0.237 e. The second kappa shape index (κ2) is 7.48. The summed E-state index contributed by atoms with van der Waals surface area (Å²) in [6.07, 6.45) is 4.22. The smallest absolute Gasteiger partial charge is 0.237 e. The fourth-order valence-corrected chi connectivity index (χ4v) is 2.99. The molecule has 0 aliphatic heterocycles. The molecule has 0 radical (unpaired) electrons. The number of rotatable bonds is 8. The molecule has 126 valence electrons. The van der Waals surface area contributed by atoms with Crippen LogP contribution in [0.5, 0.6) is 0 Å². The van der Waals surface area contributed by atoms with Crippen LogP contribution >= 0.6 is 11.8 Å². The largest absolute Gasteiger partial charge is 0.461 e. The molecule has 0 atom stereocenters. The lowest BCUT2D eigenvalue weighted by Gasteiger charge is -2.04. The quantitative estimate of drug-likeness (QED) is 0.455. The molecule has 0 N–H and O–H groups in total. The second-order valence-electron chi connectivity index (χ2n) is 5.67. The molecular formula is C16H19N5O2S. The zero-order chi connectivity index (χ0) is 16.9. The van der Waals surface area contributed by atoms with Gasteiger partial charge >= 0.3 is 0 Å². The molecule has 0 saturated carbocycles. The Balaban J connectivity index is 1.73. The molecule has 0 bridgehead atoms. The number of hydrogen-bond acceptors (Lipinski definition) is 7. The van der Waals surface area contributed by atoms with Crippen molar-refractivity contribution in [3.8, 4) is 11.6 Å². The maximum atomic E-state index is 5.42. The Kier molecular flexibility index (Phi) is 5.14. The van der Waals surface area contributed by atoms with E-state index in [9.17, 15) is 0 Å². The first-order valence-corrected chi connectivity index (χ1v) is 8.68. The minimum absolute atomic E-state index is 0.495. The Morgan fingerprint density at radius 1 is 1.38 bits per heavy atom. The van der Waals surface area contributed by atoms with E-state index in [0.29, 0.717) is 35.7 Å². The molecule has 0 aliphatic rings. The predicted molar refractivity (Wildman–Crippen MR) is 90.3 cm³/mol. The van der Waals surface area contributed by atoms with Crippen LogP contribution in [0.4, 0.5) is 0 Å². The van der Waals surface area contributed by atoms with Crippen LogP contribution in [0.25, 0.3) is 11.6 Å². The van der Waals surface area contributed by atoms with Gasteiger partial charge in [0.25, 0.3) is 0 Å². The lowest BCUT2D eigenvalue weighted by molar-refractivity contribution is 0.382. The minimum atomic E-state index is 0.495. The lowest BCUT2D eigenvalue weighted by Crippen LogP contribution is -2.00. The van der Waals surface area contributed by atoms with Gasteiger partial charge in [-0.25, -0.2) is 0 Å². The summed E-state index contributed by atoms with van der Waals surface area (Å²) in [7, 11) is 0. The van der Waals surface area contributed by atoms with Crippen LogP contribution in [0.3, 0.4) is 0 Å². The highest BCUT2D eigenvalue weighted by Gasteiger charge is 2.17. The number of thioether (sulfide) groups is 1. The molecule has 3 heterocycles. The van der Waals surface area contributed by atoms with Gasteiger partial charge in [-0.2, -0.15) is 4.98 Å². The van der Waals surface area contributed by atoms with Crippen LogP contribution in [-0.4, -0.2) is 24.9 Å². The average Bonchev–Trinajstić information content (AvgIpc) is 3.25. The van der Waals surface area contributed by atoms with E-state index < -0.39 is 0 Å². The summed E-state index contributed by atoms with van der Waals surface area (Å²) < 4.78 is 12.6. The van der Waals surface area contributed by atoms with Crippen molar-refractivity contribution in [1.29, 1.82) is 0 Å². The first-order valence-electron chi connectivity index (χ1n) is 7.69. The summed E-state index contributed by atoms with van der Waals surface area (Å²) in [5, 5.41) is 13.2. The fourth-order valence-electron chi connectivity index (χ4n) is 2.20. The highest BCUT2D eigenvalue weighted by atomic mass is 32.2. The number of furan rings is 1. The molecule has 0 aromatic carbocycles. The molecule has 3 rings (SSSR count). The number of nitrogens with zero attached hydrogens (tertiary/aromatic N) is 5. The van der Waals surface area contributed by atoms with Crippen molar-refractivity contribution >= 4 is 11.8 Å². The third kappa shape index (κ3) is 3.76. The molecule has 0 unspecified atom stereocenters. The molecule has 0 aliphatic carbocycles. The third-order valence-corrected chi connectivity index (χ3v) is 4.15. The van der Waals surface area contributed by atoms with Gasteiger partial charge in [0.15, 0.2) is 16.7 Å². The normalized spacial score (nSPS) is 11.3. The minimum Gasteiger partial charge on any atom is -0.461 e. The predicted octanol–water partition coefficient (Wildman–Crippen LogP) is 3.60. The van der Waals surface area contributed by atoms with Crippen LogP contribution < -0.4 is 0 Å². The van der Waals surface area contributed by atoms with Crippen LogP contribution in [-0.2, 0) is 18.7 Å². The fraction of sp³-hybridized carbons (Fsp3) is 0.375. The van der Waals surface area contributed by atoms with E-state index >= 15 is 0 Å². The lowest BCUT2D eigenvalue weighted by atomic mass is 10.1. The van der Waals surface area contributed by atoms with E-state index in [0.717, 1.165) is 17.4 Å². The van der Waals surface area contributed by atoms with Gasteiger partial charge in [0.1, 0.15) is 0 Å². The number of allylic oxidation sites excluding steroid dienone is 1. The molecule has 24 heavy (non-hydrogen) atoms. The number of aromatic nitrogens is 5. The Bertz CT molecular complexity index is 791. The first-order chi connectivity index (χ1) is 11.7. The monoisotopic (exact) mass is 345 g/mol. The Morgan fingerprint density at radius 2 is 2.25 bits per heavy atom. The van der Waals surface area contributed by atoms with Crippen molar-refractivity contribution < 1.29 is 8.94 Å². The Labute approximate surface area is 144 Å². The van der Waals surface area contributed by atoms with E-state index in [1.165, 1.54) is 11.8 Å². The summed E-state index contributed by atoms with van der Waals surface area (Å²) in [5.41, 5.74) is 0. The first kappa shape index (κ1) is 16.5. The van der Waals surface area contributed by atoms with Crippen LogP contribution in [0.1, 0.15) is 25.6 Å². The van der Waals surface area contributed by atoms with E-state index in [2.05, 4.69) is 40.8 Å². The molecule has 3 aromatic heterocycles. The number of hydrogen-bond donors (Lipinski definition) is 0. The molecule has 0 spiro atoms. The van der Waals surface area contributed by atoms with Gasteiger partial charge < -0.3 is 8.94 Å². The summed E-state index contributed by atoms with van der Waals surface area (Å²) in [5.74, 6) is 3.71. The van der Waals surface area contributed by atoms with Crippen molar-refractivity contribution in [2.75, 3.05) is 0 Å². The van der Waals surface area contributed by atoms with Crippen molar-refractivity contribution in [3.63, 3.8) is 0 Å². The zero-order valence-electron chi connectivity index (χ0n) is 13.7. The van der Waals surface area contributed by atoms with Gasteiger partial charge in [-0.05, 0) is 18.1 Å². The third-order valence-electron chi connectivity index (χ3n) is 3.20. The highest BCUT2D eigenvalue weighted by molar-refractivity contribution is 7.98. The Morgan fingerprint density at radius 3 is 2.96 bits per heavy atom. The van der Waals surface area contributed by atoms with E-state index in [-0.39, 0.29) is 0 Å². The molecule has 0 saturated heterocycles. The second-order valence-corrected chi connectivity index (χ2v) is 6.62. The van der Waals surface area contributed by atoms with Crippen molar-refractivity contribution in [2.24, 2.45) is 5.92 Å². The van der Waals surface area contributed by atoms with E-state index in [4.69, 9.17) is 8.94 Å². The summed E-state index contributed by atoms with van der Waals surface area (Å²) >= 11 is 1.49. The van der Waals surface area contributed by atoms with Gasteiger partial charge in [0.2, 0.25) is 11.7 Å². The van der Waals surface area contributed by atoms with Crippen molar-refractivity contribution in [3.05, 3.63) is 42.8 Å². The van der Waals surface area contributed by atoms with Crippen LogP contribution in [0.2, 0.25) is 0 Å². The van der Waals surface area contributed by atoms with E-state index in [1.54, 1.807) is 12.3 Å². The summed E-state index contributed by atoms with van der Waals surface area (Å²) in [6, 6.07) is 3.68. The summed E-state index contributed by atoms with van der Waals surface area (Å²) in [6.45, 7) is 8.63. The zero-order valence-corrected chi connectivity index (χ0v) is 14.5. The SMILES string of the molecule is C=CCn1c(SCc2nc(CC(C)C)no2)nnc1-c1ccco1. The highest BCUT2D eigenvalue weighted by Crippen LogP contribution is 2.26. The Hall–Kier alpha value is -2.35. The van der Waals surface area contributed by atoms with Crippen LogP contribution in [0, 0.1) is 5.92 Å². The van der Waals surface area contributed by atoms with Gasteiger partial charge in [0, 0.05) is 13.0 Å². The topological polar surface area (TPSA) is 82.8 Å². The van der Waals surface area contributed by atoms with Crippen LogP contribution in [0.15, 0.2) is 45.1 Å². The van der Waals surface area contributed by atoms with Crippen molar-refractivity contribution in [2.45, 2.75) is 37.7 Å². The maximum absolute atomic E-state index is 5.42. The average molecular weight is 345 g/mol. The molecular weight excluding hydrogens is 326 g/mol. The van der Waals surface area contributed by atoms with E-state index in [1.807, 2.05) is 16.7 Å². The van der Waals surface area contributed by atoms with Crippen molar-refractivity contribution in [1.82, 2.24) is 24.9 Å². The van der Waals surface area contributed by atoms with Gasteiger partial charge in [-0.3, -0.25) is 4.57 Å². The van der Waals surface area contributed by atoms with Gasteiger partial charge in [-0.15, -0.1) is 16.8 Å².